The second kappa shape index (κ2) is 8.93. The lowest BCUT2D eigenvalue weighted by Crippen LogP contribution is -2.19. The molecule has 4 rings (SSSR count). The summed E-state index contributed by atoms with van der Waals surface area (Å²) in [7, 11) is -3.63. The summed E-state index contributed by atoms with van der Waals surface area (Å²) in [5.41, 5.74) is 2.42. The zero-order valence-corrected chi connectivity index (χ0v) is 18.6. The van der Waals surface area contributed by atoms with Crippen LogP contribution >= 0.6 is 0 Å². The highest BCUT2D eigenvalue weighted by atomic mass is 32.2. The molecule has 2 aromatic carbocycles. The van der Waals surface area contributed by atoms with Crippen molar-refractivity contribution >= 4 is 33.0 Å². The summed E-state index contributed by atoms with van der Waals surface area (Å²) in [6.07, 6.45) is 3.24. The number of sulfonamides is 1. The number of aromatic nitrogens is 2. The van der Waals surface area contributed by atoms with E-state index in [1.807, 2.05) is 44.2 Å². The molecule has 162 valence electrons. The van der Waals surface area contributed by atoms with E-state index < -0.39 is 10.0 Å². The van der Waals surface area contributed by atoms with Crippen LogP contribution in [0.2, 0.25) is 0 Å². The van der Waals surface area contributed by atoms with Gasteiger partial charge in [-0.2, -0.15) is 0 Å². The maximum atomic E-state index is 12.6. The van der Waals surface area contributed by atoms with Crippen molar-refractivity contribution in [2.24, 2.45) is 0 Å². The smallest absolute Gasteiger partial charge is 0.261 e. The van der Waals surface area contributed by atoms with Crippen LogP contribution in [0.25, 0.3) is 0 Å². The van der Waals surface area contributed by atoms with Gasteiger partial charge in [0.05, 0.1) is 4.90 Å². The number of nitrogens with one attached hydrogen (secondary N) is 2. The molecule has 0 bridgehead atoms. The Morgan fingerprint density at radius 3 is 2.23 bits per heavy atom. The maximum Gasteiger partial charge on any atom is 0.261 e. The van der Waals surface area contributed by atoms with E-state index in [9.17, 15) is 8.42 Å². The Hall–Kier alpha value is -3.13. The van der Waals surface area contributed by atoms with Crippen molar-refractivity contribution in [2.45, 2.75) is 38.0 Å². The third kappa shape index (κ3) is 5.14. The molecule has 0 atom stereocenters. The Kier molecular flexibility index (Phi) is 6.08. The molecule has 0 unspecified atom stereocenters. The number of benzene rings is 2. The van der Waals surface area contributed by atoms with Crippen LogP contribution < -0.4 is 14.9 Å². The first-order valence-electron chi connectivity index (χ1n) is 10.5. The highest BCUT2D eigenvalue weighted by Crippen LogP contribution is 2.24. The summed E-state index contributed by atoms with van der Waals surface area (Å²) in [4.78, 5) is 11.5. The number of aryl methyl sites for hydroxylation is 2. The Labute approximate surface area is 183 Å². The van der Waals surface area contributed by atoms with E-state index in [4.69, 9.17) is 0 Å². The monoisotopic (exact) mass is 437 g/mol. The molecular weight excluding hydrogens is 410 g/mol. The van der Waals surface area contributed by atoms with Gasteiger partial charge in [-0.15, -0.1) is 0 Å². The summed E-state index contributed by atoms with van der Waals surface area (Å²) in [6, 6.07) is 16.0. The topological polar surface area (TPSA) is 87.2 Å². The zero-order valence-electron chi connectivity index (χ0n) is 17.8. The third-order valence-corrected chi connectivity index (χ3v) is 6.70. The van der Waals surface area contributed by atoms with Crippen LogP contribution in [0.4, 0.5) is 23.0 Å². The minimum absolute atomic E-state index is 0.248. The van der Waals surface area contributed by atoms with Crippen molar-refractivity contribution in [1.82, 2.24) is 9.97 Å². The molecule has 0 saturated carbocycles. The van der Waals surface area contributed by atoms with Crippen LogP contribution in [0, 0.1) is 6.92 Å². The van der Waals surface area contributed by atoms with E-state index in [-0.39, 0.29) is 4.90 Å². The SMILES string of the molecule is CCc1ccc(S(=O)(=O)Nc2ccc(Nc3cc(N4CCCC4)nc(C)n3)cc2)cc1. The van der Waals surface area contributed by atoms with E-state index in [1.165, 1.54) is 12.8 Å². The van der Waals surface area contributed by atoms with E-state index in [0.717, 1.165) is 42.4 Å². The standard InChI is InChI=1S/C23H27N5O2S/c1-3-18-6-12-21(13-7-18)31(29,30)27-20-10-8-19(9-11-20)26-22-16-23(25-17(2)24-22)28-14-4-5-15-28/h6-13,16,27H,3-5,14-15H2,1-2H3,(H,24,25,26). The van der Waals surface area contributed by atoms with Gasteiger partial charge >= 0.3 is 0 Å². The van der Waals surface area contributed by atoms with Crippen molar-refractivity contribution in [2.75, 3.05) is 28.0 Å². The molecule has 0 radical (unpaired) electrons. The van der Waals surface area contributed by atoms with E-state index >= 15 is 0 Å². The van der Waals surface area contributed by atoms with Gasteiger partial charge in [-0.25, -0.2) is 18.4 Å². The zero-order chi connectivity index (χ0) is 21.8. The van der Waals surface area contributed by atoms with Gasteiger partial charge in [-0.1, -0.05) is 19.1 Å². The Bertz CT molecular complexity index is 1140. The van der Waals surface area contributed by atoms with Gasteiger partial charge in [0.15, 0.2) is 0 Å². The normalized spacial score (nSPS) is 13.9. The van der Waals surface area contributed by atoms with Crippen LogP contribution in [0.1, 0.15) is 31.2 Å². The minimum Gasteiger partial charge on any atom is -0.356 e. The molecule has 1 aliphatic rings. The highest BCUT2D eigenvalue weighted by Gasteiger charge is 2.16. The largest absolute Gasteiger partial charge is 0.356 e. The third-order valence-electron chi connectivity index (χ3n) is 5.31. The molecule has 1 aliphatic heterocycles. The number of rotatable bonds is 7. The Morgan fingerprint density at radius 1 is 0.935 bits per heavy atom. The molecular formula is C23H27N5O2S. The number of anilines is 4. The lowest BCUT2D eigenvalue weighted by molar-refractivity contribution is 0.601. The van der Waals surface area contributed by atoms with E-state index in [1.54, 1.807) is 24.3 Å². The predicted octanol–water partition coefficient (Wildman–Crippen LogP) is 4.49. The van der Waals surface area contributed by atoms with Gasteiger partial charge in [-0.3, -0.25) is 4.72 Å². The molecule has 31 heavy (non-hydrogen) atoms. The fourth-order valence-corrected chi connectivity index (χ4v) is 4.67. The Balaban J connectivity index is 1.46. The second-order valence-corrected chi connectivity index (χ2v) is 9.34. The van der Waals surface area contributed by atoms with Crippen LogP contribution in [-0.2, 0) is 16.4 Å². The lowest BCUT2D eigenvalue weighted by Gasteiger charge is -2.18. The molecule has 2 heterocycles. The van der Waals surface area contributed by atoms with Crippen molar-refractivity contribution in [3.63, 3.8) is 0 Å². The summed E-state index contributed by atoms with van der Waals surface area (Å²) in [6.45, 7) is 5.96. The fourth-order valence-electron chi connectivity index (χ4n) is 3.61. The van der Waals surface area contributed by atoms with E-state index in [0.29, 0.717) is 11.5 Å². The first-order chi connectivity index (χ1) is 14.9. The number of hydrogen-bond donors (Lipinski definition) is 2. The number of nitrogens with zero attached hydrogens (tertiary/aromatic N) is 3. The lowest BCUT2D eigenvalue weighted by atomic mass is 10.2. The van der Waals surface area contributed by atoms with Crippen LogP contribution in [0.5, 0.6) is 0 Å². The molecule has 3 aromatic rings. The molecule has 1 saturated heterocycles. The van der Waals surface area contributed by atoms with Gasteiger partial charge in [0, 0.05) is 30.5 Å². The number of hydrogen-bond acceptors (Lipinski definition) is 6. The summed E-state index contributed by atoms with van der Waals surface area (Å²) in [5.74, 6) is 2.37. The molecule has 1 aromatic heterocycles. The quantitative estimate of drug-likeness (QED) is 0.566. The Morgan fingerprint density at radius 2 is 1.58 bits per heavy atom. The molecule has 0 spiro atoms. The maximum absolute atomic E-state index is 12.6. The van der Waals surface area contributed by atoms with Crippen molar-refractivity contribution < 1.29 is 8.42 Å². The summed E-state index contributed by atoms with van der Waals surface area (Å²) < 4.78 is 27.9. The molecule has 0 aliphatic carbocycles. The molecule has 7 nitrogen and oxygen atoms in total. The first-order valence-corrected chi connectivity index (χ1v) is 12.0. The highest BCUT2D eigenvalue weighted by molar-refractivity contribution is 7.92. The van der Waals surface area contributed by atoms with Crippen LogP contribution in [0.15, 0.2) is 59.5 Å². The molecule has 2 N–H and O–H groups in total. The van der Waals surface area contributed by atoms with Crippen molar-refractivity contribution in [1.29, 1.82) is 0 Å². The van der Waals surface area contributed by atoms with Gasteiger partial charge in [-0.05, 0) is 68.1 Å². The fraction of sp³-hybridized carbons (Fsp3) is 0.304. The van der Waals surface area contributed by atoms with Crippen LogP contribution in [0.3, 0.4) is 0 Å². The predicted molar refractivity (Wildman–Crippen MR) is 125 cm³/mol. The van der Waals surface area contributed by atoms with Gasteiger partial charge < -0.3 is 10.2 Å². The van der Waals surface area contributed by atoms with Gasteiger partial charge in [0.2, 0.25) is 0 Å². The first kappa shape index (κ1) is 21.1. The molecule has 8 heteroatoms. The second-order valence-electron chi connectivity index (χ2n) is 7.66. The average molecular weight is 438 g/mol. The van der Waals surface area contributed by atoms with E-state index in [2.05, 4.69) is 24.9 Å². The summed E-state index contributed by atoms with van der Waals surface area (Å²) >= 11 is 0. The molecule has 0 amide bonds. The summed E-state index contributed by atoms with van der Waals surface area (Å²) in [5, 5.41) is 3.29. The van der Waals surface area contributed by atoms with Gasteiger partial charge in [0.25, 0.3) is 10.0 Å². The van der Waals surface area contributed by atoms with Crippen molar-refractivity contribution in [3.8, 4) is 0 Å². The average Bonchev–Trinajstić information content (AvgIpc) is 3.30. The minimum atomic E-state index is -3.63. The van der Waals surface area contributed by atoms with Gasteiger partial charge in [0.1, 0.15) is 17.5 Å². The van der Waals surface area contributed by atoms with Crippen molar-refractivity contribution in [3.05, 3.63) is 66.0 Å². The van der Waals surface area contributed by atoms with Crippen LogP contribution in [-0.4, -0.2) is 31.5 Å². The molecule has 1 fully saturated rings.